The summed E-state index contributed by atoms with van der Waals surface area (Å²) >= 11 is 0. The molecule has 0 saturated heterocycles. The van der Waals surface area contributed by atoms with Gasteiger partial charge in [0.2, 0.25) is 0 Å². The minimum absolute atomic E-state index is 0.0511. The lowest BCUT2D eigenvalue weighted by Gasteiger charge is -2.33. The van der Waals surface area contributed by atoms with Crippen molar-refractivity contribution in [1.29, 1.82) is 0 Å². The first-order chi connectivity index (χ1) is 9.53. The monoisotopic (exact) mass is 336 g/mol. The molecule has 0 aromatic rings. The Morgan fingerprint density at radius 1 is 1.05 bits per heavy atom. The van der Waals surface area contributed by atoms with Gasteiger partial charge in [0.15, 0.2) is 0 Å². The van der Waals surface area contributed by atoms with Gasteiger partial charge in [0.1, 0.15) is 5.60 Å². The summed E-state index contributed by atoms with van der Waals surface area (Å²) in [5.41, 5.74) is -6.02. The van der Waals surface area contributed by atoms with E-state index in [0.717, 1.165) is 0 Å². The van der Waals surface area contributed by atoms with Crippen LogP contribution in [0.5, 0.6) is 0 Å². The molecule has 3 nitrogen and oxygen atoms in total. The lowest BCUT2D eigenvalue weighted by molar-refractivity contribution is -0.370. The molecule has 0 heterocycles. The normalized spacial score (nSPS) is 13.9. The summed E-state index contributed by atoms with van der Waals surface area (Å²) in [5, 5.41) is 8.98. The van der Waals surface area contributed by atoms with Crippen molar-refractivity contribution in [3.8, 4) is 0 Å². The second kappa shape index (κ2) is 6.47. The van der Waals surface area contributed by atoms with Gasteiger partial charge < -0.3 is 9.84 Å². The lowest BCUT2D eigenvalue weighted by atomic mass is 9.91. The van der Waals surface area contributed by atoms with Crippen LogP contribution in [0.25, 0.3) is 0 Å². The van der Waals surface area contributed by atoms with E-state index in [9.17, 15) is 31.1 Å². The number of alkyl halides is 6. The van der Waals surface area contributed by atoms with Crippen molar-refractivity contribution < 1.29 is 41.0 Å². The molecule has 0 saturated carbocycles. The van der Waals surface area contributed by atoms with E-state index in [4.69, 9.17) is 9.84 Å². The number of rotatable bonds is 6. The molecule has 0 bridgehead atoms. The molecular formula is C13H18F6O3. The maximum Gasteiger partial charge on any atom is 0.426 e. The van der Waals surface area contributed by atoms with Crippen molar-refractivity contribution in [3.63, 3.8) is 0 Å². The molecular weight excluding hydrogens is 318 g/mol. The standard InChI is InChI=1S/C13H18F6O3/c1-8(2)9(20)22-10(3,4)6-5-7-11(21,12(14,15)16)13(17,18)19/h21H,1,5-7H2,2-4H3. The number of halogens is 6. The summed E-state index contributed by atoms with van der Waals surface area (Å²) in [7, 11) is 0. The maximum atomic E-state index is 12.5. The average Bonchev–Trinajstić information content (AvgIpc) is 2.24. The molecule has 0 aliphatic rings. The summed E-state index contributed by atoms with van der Waals surface area (Å²) in [4.78, 5) is 11.3. The number of aliphatic hydroxyl groups is 1. The Hall–Kier alpha value is -1.25. The Bertz CT molecular complexity index is 408. The number of carbonyl (C=O) groups excluding carboxylic acids is 1. The summed E-state index contributed by atoms with van der Waals surface area (Å²) in [6.07, 6.45) is -14.2. The van der Waals surface area contributed by atoms with Gasteiger partial charge in [0.05, 0.1) is 0 Å². The van der Waals surface area contributed by atoms with E-state index in [1.807, 2.05) is 0 Å². The van der Waals surface area contributed by atoms with Crippen molar-refractivity contribution in [2.45, 2.75) is 63.6 Å². The molecule has 0 fully saturated rings. The fourth-order valence-corrected chi connectivity index (χ4v) is 1.60. The lowest BCUT2D eigenvalue weighted by Crippen LogP contribution is -2.56. The molecule has 0 spiro atoms. The Kier molecular flexibility index (Phi) is 6.11. The minimum Gasteiger partial charge on any atom is -0.456 e. The SMILES string of the molecule is C=C(C)C(=O)OC(C)(C)CCCC(O)(C(F)(F)F)C(F)(F)F. The Morgan fingerprint density at radius 2 is 1.45 bits per heavy atom. The van der Waals surface area contributed by atoms with Crippen LogP contribution in [0.15, 0.2) is 12.2 Å². The Balaban J connectivity index is 4.85. The van der Waals surface area contributed by atoms with E-state index in [2.05, 4.69) is 6.58 Å². The van der Waals surface area contributed by atoms with E-state index < -0.39 is 42.4 Å². The zero-order valence-electron chi connectivity index (χ0n) is 12.4. The molecule has 0 radical (unpaired) electrons. The van der Waals surface area contributed by atoms with Gasteiger partial charge in [0, 0.05) is 5.57 Å². The first-order valence-electron chi connectivity index (χ1n) is 6.28. The first-order valence-corrected chi connectivity index (χ1v) is 6.28. The molecule has 0 rings (SSSR count). The highest BCUT2D eigenvalue weighted by atomic mass is 19.4. The van der Waals surface area contributed by atoms with Crippen molar-refractivity contribution in [3.05, 3.63) is 12.2 Å². The van der Waals surface area contributed by atoms with Gasteiger partial charge in [0.25, 0.3) is 5.60 Å². The van der Waals surface area contributed by atoms with Crippen molar-refractivity contribution in [2.75, 3.05) is 0 Å². The number of carbonyl (C=O) groups is 1. The fourth-order valence-electron chi connectivity index (χ4n) is 1.60. The van der Waals surface area contributed by atoms with Crippen LogP contribution in [0.3, 0.4) is 0 Å². The van der Waals surface area contributed by atoms with E-state index >= 15 is 0 Å². The summed E-state index contributed by atoms with van der Waals surface area (Å²) in [5.74, 6) is -0.799. The molecule has 0 amide bonds. The van der Waals surface area contributed by atoms with Gasteiger partial charge in [-0.3, -0.25) is 0 Å². The molecule has 0 unspecified atom stereocenters. The van der Waals surface area contributed by atoms with Crippen molar-refractivity contribution >= 4 is 5.97 Å². The van der Waals surface area contributed by atoms with Crippen LogP contribution in [0, 0.1) is 0 Å². The quantitative estimate of drug-likeness (QED) is 0.454. The first kappa shape index (κ1) is 20.8. The highest BCUT2D eigenvalue weighted by molar-refractivity contribution is 5.87. The van der Waals surface area contributed by atoms with Gasteiger partial charge in [-0.2, -0.15) is 26.3 Å². The van der Waals surface area contributed by atoms with Gasteiger partial charge in [-0.15, -0.1) is 0 Å². The molecule has 9 heteroatoms. The molecule has 0 aromatic heterocycles. The fraction of sp³-hybridized carbons (Fsp3) is 0.769. The maximum absolute atomic E-state index is 12.5. The van der Waals surface area contributed by atoms with Crippen molar-refractivity contribution in [1.82, 2.24) is 0 Å². The van der Waals surface area contributed by atoms with E-state index in [-0.39, 0.29) is 12.0 Å². The Morgan fingerprint density at radius 3 is 1.77 bits per heavy atom. The van der Waals surface area contributed by atoms with Crippen LogP contribution in [-0.2, 0) is 9.53 Å². The van der Waals surface area contributed by atoms with Crippen LogP contribution in [-0.4, -0.2) is 34.6 Å². The van der Waals surface area contributed by atoms with Gasteiger partial charge >= 0.3 is 18.3 Å². The third-order valence-electron chi connectivity index (χ3n) is 2.97. The second-order valence-corrected chi connectivity index (χ2v) is 5.64. The molecule has 130 valence electrons. The molecule has 0 aliphatic carbocycles. The van der Waals surface area contributed by atoms with Crippen LogP contribution < -0.4 is 0 Å². The molecule has 22 heavy (non-hydrogen) atoms. The summed E-state index contributed by atoms with van der Waals surface area (Å²) in [6.45, 7) is 7.35. The minimum atomic E-state index is -5.84. The van der Waals surface area contributed by atoms with Gasteiger partial charge in [-0.25, -0.2) is 4.79 Å². The largest absolute Gasteiger partial charge is 0.456 e. The number of hydrogen-bond donors (Lipinski definition) is 1. The predicted molar refractivity (Wildman–Crippen MR) is 65.9 cm³/mol. The van der Waals surface area contributed by atoms with Crippen LogP contribution in [0.1, 0.15) is 40.0 Å². The molecule has 0 aromatic carbocycles. The topological polar surface area (TPSA) is 46.5 Å². The van der Waals surface area contributed by atoms with Gasteiger partial charge in [-0.1, -0.05) is 6.58 Å². The average molecular weight is 336 g/mol. The number of esters is 1. The highest BCUT2D eigenvalue weighted by Crippen LogP contribution is 2.46. The summed E-state index contributed by atoms with van der Waals surface area (Å²) in [6, 6.07) is 0. The zero-order chi connectivity index (χ0) is 18.0. The number of ether oxygens (including phenoxy) is 1. The van der Waals surface area contributed by atoms with Gasteiger partial charge in [-0.05, 0) is 40.0 Å². The molecule has 0 aliphatic heterocycles. The van der Waals surface area contributed by atoms with Crippen LogP contribution in [0.4, 0.5) is 26.3 Å². The van der Waals surface area contributed by atoms with Crippen LogP contribution >= 0.6 is 0 Å². The van der Waals surface area contributed by atoms with Crippen molar-refractivity contribution in [2.24, 2.45) is 0 Å². The highest BCUT2D eigenvalue weighted by Gasteiger charge is 2.69. The second-order valence-electron chi connectivity index (χ2n) is 5.64. The third kappa shape index (κ3) is 5.19. The van der Waals surface area contributed by atoms with E-state index in [1.165, 1.54) is 20.8 Å². The zero-order valence-corrected chi connectivity index (χ0v) is 12.4. The Labute approximate surface area is 123 Å². The van der Waals surface area contributed by atoms with E-state index in [1.54, 1.807) is 0 Å². The predicted octanol–water partition coefficient (Wildman–Crippen LogP) is 3.91. The number of hydrogen-bond acceptors (Lipinski definition) is 3. The molecule has 1 N–H and O–H groups in total. The summed E-state index contributed by atoms with van der Waals surface area (Å²) < 4.78 is 79.7. The van der Waals surface area contributed by atoms with E-state index in [0.29, 0.717) is 0 Å². The molecule has 0 atom stereocenters. The smallest absolute Gasteiger partial charge is 0.426 e. The van der Waals surface area contributed by atoms with Crippen LogP contribution in [0.2, 0.25) is 0 Å². The third-order valence-corrected chi connectivity index (χ3v) is 2.97.